The second-order valence-corrected chi connectivity index (χ2v) is 3.41. The van der Waals surface area contributed by atoms with Crippen molar-refractivity contribution in [2.45, 2.75) is 13.5 Å². The lowest BCUT2D eigenvalue weighted by Gasteiger charge is -2.06. The van der Waals surface area contributed by atoms with Gasteiger partial charge in [-0.3, -0.25) is 4.79 Å². The minimum absolute atomic E-state index is 0.0189. The zero-order chi connectivity index (χ0) is 11.8. The van der Waals surface area contributed by atoms with Gasteiger partial charge in [-0.15, -0.1) is 0 Å². The molecule has 0 saturated carbocycles. The number of carbonyl (C=O) groups is 1. The van der Waals surface area contributed by atoms with Crippen LogP contribution in [0.25, 0.3) is 0 Å². The summed E-state index contributed by atoms with van der Waals surface area (Å²) in [5, 5.41) is 5.80. The monoisotopic (exact) mass is 222 g/mol. The van der Waals surface area contributed by atoms with Crippen molar-refractivity contribution in [3.8, 4) is 5.75 Å². The Hall–Kier alpha value is -1.55. The average molecular weight is 222 g/mol. The summed E-state index contributed by atoms with van der Waals surface area (Å²) >= 11 is 0. The van der Waals surface area contributed by atoms with Crippen LogP contribution in [0.1, 0.15) is 12.5 Å². The van der Waals surface area contributed by atoms with Gasteiger partial charge in [-0.05, 0) is 24.6 Å². The van der Waals surface area contributed by atoms with Gasteiger partial charge in [0.1, 0.15) is 5.75 Å². The largest absolute Gasteiger partial charge is 0.497 e. The predicted octanol–water partition coefficient (Wildman–Crippen LogP) is 0.921. The van der Waals surface area contributed by atoms with E-state index in [2.05, 4.69) is 10.6 Å². The Morgan fingerprint density at radius 1 is 1.44 bits per heavy atom. The number of hydrogen-bond donors (Lipinski definition) is 2. The van der Waals surface area contributed by atoms with Crippen LogP contribution in [0.15, 0.2) is 24.3 Å². The third kappa shape index (κ3) is 4.31. The van der Waals surface area contributed by atoms with Gasteiger partial charge in [0.05, 0.1) is 13.7 Å². The van der Waals surface area contributed by atoms with Crippen LogP contribution in [0, 0.1) is 0 Å². The van der Waals surface area contributed by atoms with Crippen molar-refractivity contribution in [2.75, 3.05) is 20.2 Å². The van der Waals surface area contributed by atoms with Crippen molar-refractivity contribution in [1.82, 2.24) is 10.6 Å². The number of hydrogen-bond acceptors (Lipinski definition) is 3. The maximum atomic E-state index is 11.2. The molecule has 0 atom stereocenters. The molecule has 1 amide bonds. The van der Waals surface area contributed by atoms with E-state index in [1.807, 2.05) is 31.2 Å². The van der Waals surface area contributed by atoms with Crippen molar-refractivity contribution in [3.05, 3.63) is 29.8 Å². The molecule has 0 unspecified atom stereocenters. The van der Waals surface area contributed by atoms with Crippen LogP contribution in [-0.2, 0) is 11.3 Å². The number of ether oxygens (including phenoxy) is 1. The van der Waals surface area contributed by atoms with Gasteiger partial charge in [0.15, 0.2) is 0 Å². The molecule has 4 nitrogen and oxygen atoms in total. The highest BCUT2D eigenvalue weighted by Crippen LogP contribution is 2.11. The minimum atomic E-state index is 0.0189. The Labute approximate surface area is 96.0 Å². The van der Waals surface area contributed by atoms with E-state index in [0.717, 1.165) is 11.3 Å². The number of likely N-dealkylation sites (N-methyl/N-ethyl adjacent to an activating group) is 1. The van der Waals surface area contributed by atoms with E-state index in [4.69, 9.17) is 4.74 Å². The molecule has 0 aromatic heterocycles. The zero-order valence-corrected chi connectivity index (χ0v) is 9.75. The molecule has 0 aliphatic rings. The molecule has 0 heterocycles. The van der Waals surface area contributed by atoms with E-state index >= 15 is 0 Å². The lowest BCUT2D eigenvalue weighted by atomic mass is 10.2. The van der Waals surface area contributed by atoms with E-state index in [1.54, 1.807) is 7.11 Å². The Kier molecular flexibility index (Phi) is 5.36. The highest BCUT2D eigenvalue weighted by atomic mass is 16.5. The molecule has 0 bridgehead atoms. The molecule has 0 spiro atoms. The fourth-order valence-electron chi connectivity index (χ4n) is 1.36. The van der Waals surface area contributed by atoms with E-state index in [-0.39, 0.29) is 5.91 Å². The topological polar surface area (TPSA) is 50.4 Å². The standard InChI is InChI=1S/C12H18N2O2/c1-3-14-12(15)9-13-8-10-5-4-6-11(7-10)16-2/h4-7,13H,3,8-9H2,1-2H3,(H,14,15). The predicted molar refractivity (Wildman–Crippen MR) is 63.4 cm³/mol. The molecule has 2 N–H and O–H groups in total. The van der Waals surface area contributed by atoms with Gasteiger partial charge in [-0.25, -0.2) is 0 Å². The third-order valence-electron chi connectivity index (χ3n) is 2.12. The summed E-state index contributed by atoms with van der Waals surface area (Å²) in [5.41, 5.74) is 1.10. The summed E-state index contributed by atoms with van der Waals surface area (Å²) in [5.74, 6) is 0.850. The van der Waals surface area contributed by atoms with Crippen LogP contribution < -0.4 is 15.4 Å². The Morgan fingerprint density at radius 2 is 2.25 bits per heavy atom. The third-order valence-corrected chi connectivity index (χ3v) is 2.12. The minimum Gasteiger partial charge on any atom is -0.497 e. The molecule has 0 aliphatic heterocycles. The number of nitrogens with one attached hydrogen (secondary N) is 2. The second-order valence-electron chi connectivity index (χ2n) is 3.41. The SMILES string of the molecule is CCNC(=O)CNCc1cccc(OC)c1. The molecule has 1 aromatic rings. The molecular weight excluding hydrogens is 204 g/mol. The quantitative estimate of drug-likeness (QED) is 0.752. The Balaban J connectivity index is 2.34. The lowest BCUT2D eigenvalue weighted by molar-refractivity contribution is -0.120. The van der Waals surface area contributed by atoms with Gasteiger partial charge in [0.25, 0.3) is 0 Å². The highest BCUT2D eigenvalue weighted by molar-refractivity contribution is 5.77. The lowest BCUT2D eigenvalue weighted by Crippen LogP contribution is -2.33. The molecule has 0 fully saturated rings. The first kappa shape index (κ1) is 12.5. The van der Waals surface area contributed by atoms with Crippen LogP contribution in [0.2, 0.25) is 0 Å². The van der Waals surface area contributed by atoms with Crippen LogP contribution in [0.3, 0.4) is 0 Å². The molecule has 0 aliphatic carbocycles. The van der Waals surface area contributed by atoms with Crippen LogP contribution in [0.5, 0.6) is 5.75 Å². The van der Waals surface area contributed by atoms with E-state index in [0.29, 0.717) is 19.6 Å². The van der Waals surface area contributed by atoms with Gasteiger partial charge in [0, 0.05) is 13.1 Å². The maximum Gasteiger partial charge on any atom is 0.233 e. The Bertz CT molecular complexity index is 340. The number of rotatable bonds is 6. The van der Waals surface area contributed by atoms with Crippen LogP contribution >= 0.6 is 0 Å². The normalized spacial score (nSPS) is 9.88. The fraction of sp³-hybridized carbons (Fsp3) is 0.417. The number of carbonyl (C=O) groups excluding carboxylic acids is 1. The second kappa shape index (κ2) is 6.85. The van der Waals surface area contributed by atoms with Crippen LogP contribution in [0.4, 0.5) is 0 Å². The molecule has 1 aromatic carbocycles. The average Bonchev–Trinajstić information content (AvgIpc) is 2.30. The maximum absolute atomic E-state index is 11.2. The molecule has 4 heteroatoms. The molecule has 0 radical (unpaired) electrons. The molecule has 16 heavy (non-hydrogen) atoms. The summed E-state index contributed by atoms with van der Waals surface area (Å²) in [4.78, 5) is 11.2. The summed E-state index contributed by atoms with van der Waals surface area (Å²) < 4.78 is 5.11. The van der Waals surface area contributed by atoms with E-state index < -0.39 is 0 Å². The van der Waals surface area contributed by atoms with Crippen molar-refractivity contribution < 1.29 is 9.53 Å². The summed E-state index contributed by atoms with van der Waals surface area (Å²) in [6.45, 7) is 3.57. The molecule has 1 rings (SSSR count). The van der Waals surface area contributed by atoms with Gasteiger partial charge >= 0.3 is 0 Å². The van der Waals surface area contributed by atoms with Crippen molar-refractivity contribution >= 4 is 5.91 Å². The van der Waals surface area contributed by atoms with Gasteiger partial charge in [-0.2, -0.15) is 0 Å². The molecule has 88 valence electrons. The van der Waals surface area contributed by atoms with Gasteiger partial charge < -0.3 is 15.4 Å². The van der Waals surface area contributed by atoms with Crippen molar-refractivity contribution in [2.24, 2.45) is 0 Å². The molecule has 0 saturated heterocycles. The van der Waals surface area contributed by atoms with E-state index in [9.17, 15) is 4.79 Å². The number of amides is 1. The number of methoxy groups -OCH3 is 1. The highest BCUT2D eigenvalue weighted by Gasteiger charge is 1.99. The van der Waals surface area contributed by atoms with Gasteiger partial charge in [0.2, 0.25) is 5.91 Å². The van der Waals surface area contributed by atoms with Crippen LogP contribution in [-0.4, -0.2) is 26.1 Å². The summed E-state index contributed by atoms with van der Waals surface area (Å²) in [6, 6.07) is 7.77. The summed E-state index contributed by atoms with van der Waals surface area (Å²) in [6.07, 6.45) is 0. The first-order valence-corrected chi connectivity index (χ1v) is 5.36. The van der Waals surface area contributed by atoms with E-state index in [1.165, 1.54) is 0 Å². The smallest absolute Gasteiger partial charge is 0.233 e. The Morgan fingerprint density at radius 3 is 2.94 bits per heavy atom. The fourth-order valence-corrected chi connectivity index (χ4v) is 1.36. The number of benzene rings is 1. The molecular formula is C12H18N2O2. The first-order chi connectivity index (χ1) is 7.76. The van der Waals surface area contributed by atoms with Gasteiger partial charge in [-0.1, -0.05) is 12.1 Å². The zero-order valence-electron chi connectivity index (χ0n) is 9.75. The summed E-state index contributed by atoms with van der Waals surface area (Å²) in [7, 11) is 1.64. The first-order valence-electron chi connectivity index (χ1n) is 5.36. The van der Waals surface area contributed by atoms with Crippen molar-refractivity contribution in [3.63, 3.8) is 0 Å². The van der Waals surface area contributed by atoms with Crippen molar-refractivity contribution in [1.29, 1.82) is 0 Å².